The number of nitrogens with one attached hydrogen (secondary N) is 1. The molecule has 1 aromatic rings. The number of benzene rings is 1. The van der Waals surface area contributed by atoms with Crippen LogP contribution in [0.1, 0.15) is 75.8 Å². The highest BCUT2D eigenvalue weighted by Gasteiger charge is 2.28. The van der Waals surface area contributed by atoms with E-state index in [1.54, 1.807) is 7.05 Å². The zero-order valence-corrected chi connectivity index (χ0v) is 18.6. The lowest BCUT2D eigenvalue weighted by Crippen LogP contribution is -2.47. The van der Waals surface area contributed by atoms with E-state index in [9.17, 15) is 9.67 Å². The van der Waals surface area contributed by atoms with E-state index in [-0.39, 0.29) is 12.8 Å². The lowest BCUT2D eigenvalue weighted by Gasteiger charge is -2.32. The van der Waals surface area contributed by atoms with Gasteiger partial charge < -0.3 is 20.2 Å². The van der Waals surface area contributed by atoms with E-state index < -0.39 is 13.1 Å². The van der Waals surface area contributed by atoms with Crippen molar-refractivity contribution in [2.45, 2.75) is 83.1 Å². The second-order valence-electron chi connectivity index (χ2n) is 8.01. The molecule has 0 aliphatic rings. The van der Waals surface area contributed by atoms with E-state index in [0.717, 1.165) is 19.3 Å². The van der Waals surface area contributed by atoms with Gasteiger partial charge in [0.1, 0.15) is 0 Å². The molecule has 6 heteroatoms. The summed E-state index contributed by atoms with van der Waals surface area (Å²) in [5.74, 6) is 0. The maximum absolute atomic E-state index is 11.1. The second kappa shape index (κ2) is 13.5. The number of aliphatic hydroxyl groups excluding tert-OH is 1. The van der Waals surface area contributed by atoms with Crippen LogP contribution in [0.25, 0.3) is 0 Å². The minimum absolute atomic E-state index is 0.0409. The molecular formula is C22H40NO4P. The van der Waals surface area contributed by atoms with E-state index in [2.05, 4.69) is 36.5 Å². The number of aryl methyl sites for hydroxylation is 2. The summed E-state index contributed by atoms with van der Waals surface area (Å²) in [6.07, 6.45) is 11.4. The fourth-order valence-electron chi connectivity index (χ4n) is 3.60. The van der Waals surface area contributed by atoms with Crippen LogP contribution in [-0.2, 0) is 17.4 Å². The van der Waals surface area contributed by atoms with Crippen molar-refractivity contribution >= 4 is 7.60 Å². The first-order chi connectivity index (χ1) is 13.3. The Bertz CT molecular complexity index is 566. The third kappa shape index (κ3) is 10.7. The van der Waals surface area contributed by atoms with Crippen LogP contribution in [0.4, 0.5) is 0 Å². The molecule has 0 spiro atoms. The lowest BCUT2D eigenvalue weighted by molar-refractivity contribution is 0.149. The summed E-state index contributed by atoms with van der Waals surface area (Å²) in [4.78, 5) is 18.1. The van der Waals surface area contributed by atoms with Gasteiger partial charge in [-0.1, -0.05) is 63.3 Å². The van der Waals surface area contributed by atoms with E-state index in [4.69, 9.17) is 9.79 Å². The van der Waals surface area contributed by atoms with Gasteiger partial charge in [0.05, 0.1) is 6.61 Å². The maximum Gasteiger partial charge on any atom is 0.325 e. The average Bonchev–Trinajstić information content (AvgIpc) is 2.67. The van der Waals surface area contributed by atoms with Crippen molar-refractivity contribution in [2.75, 3.05) is 19.8 Å². The molecule has 0 radical (unpaired) electrons. The van der Waals surface area contributed by atoms with Crippen molar-refractivity contribution in [3.8, 4) is 0 Å². The summed E-state index contributed by atoms with van der Waals surface area (Å²) in [7, 11) is -2.18. The fraction of sp³-hybridized carbons (Fsp3) is 0.727. The molecule has 162 valence electrons. The minimum atomic E-state index is -3.98. The number of unbranched alkanes of at least 4 members (excludes halogenated alkanes) is 5. The molecule has 0 aliphatic carbocycles. The van der Waals surface area contributed by atoms with Crippen LogP contribution in [0.2, 0.25) is 0 Å². The molecule has 5 nitrogen and oxygen atoms in total. The molecule has 28 heavy (non-hydrogen) atoms. The summed E-state index contributed by atoms with van der Waals surface area (Å²) in [5.41, 5.74) is 2.12. The maximum atomic E-state index is 11.1. The first kappa shape index (κ1) is 25.3. The summed E-state index contributed by atoms with van der Waals surface area (Å²) in [6.45, 7) is 2.20. The predicted octanol–water partition coefficient (Wildman–Crippen LogP) is 4.43. The van der Waals surface area contributed by atoms with Crippen LogP contribution in [0.3, 0.4) is 0 Å². The minimum Gasteiger partial charge on any atom is -0.394 e. The van der Waals surface area contributed by atoms with Crippen molar-refractivity contribution in [2.24, 2.45) is 0 Å². The first-order valence-electron chi connectivity index (χ1n) is 10.8. The zero-order valence-electron chi connectivity index (χ0n) is 17.7. The SMILES string of the molecule is CCCCCCCCc1ccc(CCC(CO)(CCCP(=O)(O)O)NC)cc1. The average molecular weight is 414 g/mol. The molecule has 4 N–H and O–H groups in total. The summed E-state index contributed by atoms with van der Waals surface area (Å²) in [6, 6.07) is 8.74. The highest BCUT2D eigenvalue weighted by atomic mass is 31.2. The summed E-state index contributed by atoms with van der Waals surface area (Å²) < 4.78 is 11.1. The van der Waals surface area contributed by atoms with E-state index >= 15 is 0 Å². The van der Waals surface area contributed by atoms with Crippen LogP contribution >= 0.6 is 7.60 Å². The number of likely N-dealkylation sites (N-methyl/N-ethyl adjacent to an activating group) is 1. The molecular weight excluding hydrogens is 373 g/mol. The van der Waals surface area contributed by atoms with Gasteiger partial charge in [-0.15, -0.1) is 0 Å². The topological polar surface area (TPSA) is 89.8 Å². The van der Waals surface area contributed by atoms with Crippen molar-refractivity contribution in [3.05, 3.63) is 35.4 Å². The third-order valence-electron chi connectivity index (χ3n) is 5.67. The van der Waals surface area contributed by atoms with E-state index in [0.29, 0.717) is 12.8 Å². The van der Waals surface area contributed by atoms with Crippen LogP contribution in [-0.4, -0.2) is 40.2 Å². The normalized spacial score (nSPS) is 14.2. The molecule has 0 heterocycles. The highest BCUT2D eigenvalue weighted by Crippen LogP contribution is 2.36. The molecule has 0 aromatic heterocycles. The molecule has 1 atom stereocenters. The van der Waals surface area contributed by atoms with Gasteiger partial charge in [0.15, 0.2) is 0 Å². The van der Waals surface area contributed by atoms with Crippen molar-refractivity contribution < 1.29 is 19.5 Å². The highest BCUT2D eigenvalue weighted by molar-refractivity contribution is 7.51. The van der Waals surface area contributed by atoms with Gasteiger partial charge in [0, 0.05) is 11.7 Å². The second-order valence-corrected chi connectivity index (χ2v) is 9.79. The van der Waals surface area contributed by atoms with Crippen LogP contribution in [0.15, 0.2) is 24.3 Å². The Morgan fingerprint density at radius 2 is 1.46 bits per heavy atom. The smallest absolute Gasteiger partial charge is 0.325 e. The van der Waals surface area contributed by atoms with Gasteiger partial charge in [0.2, 0.25) is 0 Å². The zero-order chi connectivity index (χ0) is 20.9. The van der Waals surface area contributed by atoms with Crippen molar-refractivity contribution in [1.82, 2.24) is 5.32 Å². The standard InChI is InChI=1S/C22H40NO4P/c1-3-4-5-6-7-8-10-20-11-13-21(14-12-20)15-17-22(19-24,23-2)16-9-18-28(25,26)27/h11-14,23-24H,3-10,15-19H2,1-2H3,(H2,25,26,27). The molecule has 0 saturated carbocycles. The number of rotatable bonds is 16. The number of hydrogen-bond acceptors (Lipinski definition) is 3. The van der Waals surface area contributed by atoms with E-state index in [1.165, 1.54) is 49.7 Å². The van der Waals surface area contributed by atoms with Crippen LogP contribution in [0.5, 0.6) is 0 Å². The third-order valence-corrected chi connectivity index (χ3v) is 6.57. The van der Waals surface area contributed by atoms with Gasteiger partial charge in [0.25, 0.3) is 0 Å². The molecule has 1 aromatic carbocycles. The van der Waals surface area contributed by atoms with Gasteiger partial charge in [-0.05, 0) is 56.7 Å². The van der Waals surface area contributed by atoms with E-state index in [1.807, 2.05) is 0 Å². The van der Waals surface area contributed by atoms with Crippen LogP contribution in [0, 0.1) is 0 Å². The van der Waals surface area contributed by atoms with Gasteiger partial charge in [-0.3, -0.25) is 4.57 Å². The Labute approximate surface area is 171 Å². The Balaban J connectivity index is 2.43. The van der Waals surface area contributed by atoms with Crippen LogP contribution < -0.4 is 5.32 Å². The monoisotopic (exact) mass is 413 g/mol. The molecule has 0 fully saturated rings. The molecule has 0 bridgehead atoms. The molecule has 1 rings (SSSR count). The molecule has 0 saturated heterocycles. The van der Waals surface area contributed by atoms with Crippen molar-refractivity contribution in [1.29, 1.82) is 0 Å². The Morgan fingerprint density at radius 1 is 0.893 bits per heavy atom. The lowest BCUT2D eigenvalue weighted by atomic mass is 9.87. The number of aliphatic hydroxyl groups is 1. The Morgan fingerprint density at radius 3 is 2.00 bits per heavy atom. The Hall–Kier alpha value is -0.710. The predicted molar refractivity (Wildman–Crippen MR) is 117 cm³/mol. The summed E-state index contributed by atoms with van der Waals surface area (Å²) in [5, 5.41) is 13.0. The van der Waals surface area contributed by atoms with Gasteiger partial charge in [-0.2, -0.15) is 0 Å². The van der Waals surface area contributed by atoms with Gasteiger partial charge >= 0.3 is 7.60 Å². The largest absolute Gasteiger partial charge is 0.394 e. The number of hydrogen-bond donors (Lipinski definition) is 4. The molecule has 0 amide bonds. The summed E-state index contributed by atoms with van der Waals surface area (Å²) >= 11 is 0. The fourth-order valence-corrected chi connectivity index (χ4v) is 4.17. The molecule has 1 unspecified atom stereocenters. The van der Waals surface area contributed by atoms with Gasteiger partial charge in [-0.25, -0.2) is 0 Å². The Kier molecular flexibility index (Phi) is 12.2. The quantitative estimate of drug-likeness (QED) is 0.238. The van der Waals surface area contributed by atoms with Crippen molar-refractivity contribution in [3.63, 3.8) is 0 Å². The first-order valence-corrected chi connectivity index (χ1v) is 12.6. The molecule has 0 aliphatic heterocycles.